The van der Waals surface area contributed by atoms with Crippen molar-refractivity contribution >= 4 is 28.6 Å². The second-order valence-electron chi connectivity index (χ2n) is 3.85. The summed E-state index contributed by atoms with van der Waals surface area (Å²) in [5, 5.41) is 3.99. The van der Waals surface area contributed by atoms with Gasteiger partial charge in [-0.15, -0.1) is 22.7 Å². The van der Waals surface area contributed by atoms with Crippen LogP contribution >= 0.6 is 22.7 Å². The van der Waals surface area contributed by atoms with Crippen LogP contribution in [0.3, 0.4) is 0 Å². The minimum Gasteiger partial charge on any atom is -0.457 e. The molecule has 2 aromatic heterocycles. The SMILES string of the molecule is Cc1scc2c1-c1c(csc1C)C(=O)OC2. The molecule has 0 fully saturated rings. The maximum atomic E-state index is 11.8. The first kappa shape index (κ1) is 10.1. The highest BCUT2D eigenvalue weighted by Gasteiger charge is 2.26. The van der Waals surface area contributed by atoms with Crippen molar-refractivity contribution in [1.82, 2.24) is 0 Å². The molecule has 0 saturated carbocycles. The fourth-order valence-electron chi connectivity index (χ4n) is 2.08. The third kappa shape index (κ3) is 1.26. The zero-order valence-corrected chi connectivity index (χ0v) is 10.6. The third-order valence-electron chi connectivity index (χ3n) is 2.85. The molecule has 82 valence electrons. The van der Waals surface area contributed by atoms with Crippen molar-refractivity contribution in [2.45, 2.75) is 20.5 Å². The minimum absolute atomic E-state index is 0.194. The topological polar surface area (TPSA) is 26.3 Å². The first-order valence-electron chi connectivity index (χ1n) is 5.01. The lowest BCUT2D eigenvalue weighted by Gasteiger charge is -2.01. The number of esters is 1. The van der Waals surface area contributed by atoms with Gasteiger partial charge in [0, 0.05) is 31.8 Å². The van der Waals surface area contributed by atoms with Crippen LogP contribution in [0.1, 0.15) is 25.7 Å². The van der Waals surface area contributed by atoms with Gasteiger partial charge in [0.2, 0.25) is 0 Å². The highest BCUT2D eigenvalue weighted by atomic mass is 32.1. The van der Waals surface area contributed by atoms with Crippen molar-refractivity contribution in [1.29, 1.82) is 0 Å². The molecule has 3 heterocycles. The van der Waals surface area contributed by atoms with Crippen molar-refractivity contribution < 1.29 is 9.53 Å². The zero-order valence-electron chi connectivity index (χ0n) is 8.99. The van der Waals surface area contributed by atoms with E-state index < -0.39 is 0 Å². The minimum atomic E-state index is -0.194. The molecule has 4 heteroatoms. The van der Waals surface area contributed by atoms with Crippen molar-refractivity contribution in [3.05, 3.63) is 31.6 Å². The number of carbonyl (C=O) groups excluding carboxylic acids is 1. The average Bonchev–Trinajstić information content (AvgIpc) is 2.75. The lowest BCUT2D eigenvalue weighted by Crippen LogP contribution is -2.01. The van der Waals surface area contributed by atoms with Gasteiger partial charge in [0.05, 0.1) is 5.56 Å². The molecule has 0 aliphatic carbocycles. The number of ether oxygens (including phenoxy) is 1. The highest BCUT2D eigenvalue weighted by molar-refractivity contribution is 7.11. The summed E-state index contributed by atoms with van der Waals surface area (Å²) in [6, 6.07) is 0. The largest absolute Gasteiger partial charge is 0.457 e. The van der Waals surface area contributed by atoms with Gasteiger partial charge in [0.1, 0.15) is 6.61 Å². The van der Waals surface area contributed by atoms with E-state index >= 15 is 0 Å². The summed E-state index contributed by atoms with van der Waals surface area (Å²) in [6.45, 7) is 4.56. The van der Waals surface area contributed by atoms with Gasteiger partial charge < -0.3 is 4.74 Å². The molecule has 1 aliphatic heterocycles. The molecule has 0 aromatic carbocycles. The summed E-state index contributed by atoms with van der Waals surface area (Å²) in [7, 11) is 0. The standard InChI is InChI=1S/C12H10O2S2/c1-6-10-8(4-15-6)3-14-12(13)9-5-16-7(2)11(9)10/h4-5H,3H2,1-2H3. The van der Waals surface area contributed by atoms with Crippen LogP contribution in [0.15, 0.2) is 10.8 Å². The van der Waals surface area contributed by atoms with E-state index in [1.165, 1.54) is 15.3 Å². The number of rotatable bonds is 0. The molecule has 0 spiro atoms. The summed E-state index contributed by atoms with van der Waals surface area (Å²) in [4.78, 5) is 14.2. The molecule has 0 N–H and O–H groups in total. The molecule has 1 aliphatic rings. The number of fused-ring (bicyclic) bond motifs is 3. The number of hydrogen-bond acceptors (Lipinski definition) is 4. The summed E-state index contributed by atoms with van der Waals surface area (Å²) in [5.74, 6) is -0.194. The summed E-state index contributed by atoms with van der Waals surface area (Å²) < 4.78 is 5.26. The quantitative estimate of drug-likeness (QED) is 0.665. The van der Waals surface area contributed by atoms with Gasteiger partial charge in [0.15, 0.2) is 0 Å². The van der Waals surface area contributed by atoms with Crippen LogP contribution in [-0.4, -0.2) is 5.97 Å². The third-order valence-corrected chi connectivity index (χ3v) is 4.73. The average molecular weight is 250 g/mol. The number of hydrogen-bond donors (Lipinski definition) is 0. The van der Waals surface area contributed by atoms with Gasteiger partial charge in [-0.05, 0) is 19.2 Å². The smallest absolute Gasteiger partial charge is 0.339 e. The molecule has 0 unspecified atom stereocenters. The van der Waals surface area contributed by atoms with Crippen molar-refractivity contribution in [3.63, 3.8) is 0 Å². The predicted molar refractivity (Wildman–Crippen MR) is 66.2 cm³/mol. The maximum Gasteiger partial charge on any atom is 0.339 e. The molecular weight excluding hydrogens is 240 g/mol. The fraction of sp³-hybridized carbons (Fsp3) is 0.250. The van der Waals surface area contributed by atoms with Crippen molar-refractivity contribution in [2.75, 3.05) is 0 Å². The first-order chi connectivity index (χ1) is 7.68. The molecule has 0 radical (unpaired) electrons. The summed E-state index contributed by atoms with van der Waals surface area (Å²) >= 11 is 3.33. The van der Waals surface area contributed by atoms with E-state index in [4.69, 9.17) is 4.74 Å². The number of thiophene rings is 2. The number of aryl methyl sites for hydroxylation is 2. The summed E-state index contributed by atoms with van der Waals surface area (Å²) in [5.41, 5.74) is 4.16. The normalized spacial score (nSPS) is 14.0. The van der Waals surface area contributed by atoms with Crippen LogP contribution in [0.5, 0.6) is 0 Å². The van der Waals surface area contributed by atoms with E-state index in [1.807, 2.05) is 5.38 Å². The molecule has 16 heavy (non-hydrogen) atoms. The molecular formula is C12H10O2S2. The van der Waals surface area contributed by atoms with Crippen LogP contribution in [0, 0.1) is 13.8 Å². The van der Waals surface area contributed by atoms with Crippen LogP contribution in [0.25, 0.3) is 11.1 Å². The van der Waals surface area contributed by atoms with E-state index in [2.05, 4.69) is 19.2 Å². The predicted octanol–water partition coefficient (Wildman–Crippen LogP) is 3.76. The molecule has 0 amide bonds. The maximum absolute atomic E-state index is 11.8. The van der Waals surface area contributed by atoms with Crippen LogP contribution in [0.2, 0.25) is 0 Å². The number of carbonyl (C=O) groups is 1. The monoisotopic (exact) mass is 250 g/mol. The lowest BCUT2D eigenvalue weighted by molar-refractivity contribution is 0.0480. The Kier molecular flexibility index (Phi) is 2.16. The van der Waals surface area contributed by atoms with Crippen molar-refractivity contribution in [2.24, 2.45) is 0 Å². The molecule has 0 bridgehead atoms. The molecule has 2 aromatic rings. The van der Waals surface area contributed by atoms with Gasteiger partial charge in [0.25, 0.3) is 0 Å². The van der Waals surface area contributed by atoms with E-state index in [0.29, 0.717) is 6.61 Å². The number of cyclic esters (lactones) is 1. The van der Waals surface area contributed by atoms with E-state index in [9.17, 15) is 4.79 Å². The van der Waals surface area contributed by atoms with Gasteiger partial charge in [-0.2, -0.15) is 0 Å². The Morgan fingerprint density at radius 2 is 1.81 bits per heavy atom. The van der Waals surface area contributed by atoms with E-state index in [-0.39, 0.29) is 5.97 Å². The Balaban J connectivity index is 2.38. The van der Waals surface area contributed by atoms with E-state index in [0.717, 1.165) is 16.7 Å². The van der Waals surface area contributed by atoms with Gasteiger partial charge in [-0.1, -0.05) is 0 Å². The first-order valence-corrected chi connectivity index (χ1v) is 6.77. The summed E-state index contributed by atoms with van der Waals surface area (Å²) in [6.07, 6.45) is 0. The Bertz CT molecular complexity index is 578. The zero-order chi connectivity index (χ0) is 11.3. The van der Waals surface area contributed by atoms with Gasteiger partial charge >= 0.3 is 5.97 Å². The van der Waals surface area contributed by atoms with Gasteiger partial charge in [-0.25, -0.2) is 4.79 Å². The highest BCUT2D eigenvalue weighted by Crippen LogP contribution is 2.41. The molecule has 0 saturated heterocycles. The Hall–Kier alpha value is -1.13. The van der Waals surface area contributed by atoms with Crippen LogP contribution in [-0.2, 0) is 11.3 Å². The fourth-order valence-corrected chi connectivity index (χ4v) is 3.78. The Morgan fingerprint density at radius 3 is 2.62 bits per heavy atom. The second-order valence-corrected chi connectivity index (χ2v) is 6.02. The van der Waals surface area contributed by atoms with E-state index in [1.54, 1.807) is 22.7 Å². The Labute approximate surface area is 101 Å². The van der Waals surface area contributed by atoms with Gasteiger partial charge in [-0.3, -0.25) is 0 Å². The van der Waals surface area contributed by atoms with Crippen LogP contribution < -0.4 is 0 Å². The Morgan fingerprint density at radius 1 is 1.12 bits per heavy atom. The molecule has 0 atom stereocenters. The lowest BCUT2D eigenvalue weighted by atomic mass is 10.0. The van der Waals surface area contributed by atoms with Crippen molar-refractivity contribution in [3.8, 4) is 11.1 Å². The molecule has 2 nitrogen and oxygen atoms in total. The molecule has 3 rings (SSSR count). The van der Waals surface area contributed by atoms with Crippen LogP contribution in [0.4, 0.5) is 0 Å². The second kappa shape index (κ2) is 3.43.